The van der Waals surface area contributed by atoms with Crippen molar-refractivity contribution in [1.29, 1.82) is 0 Å². The van der Waals surface area contributed by atoms with Gasteiger partial charge < -0.3 is 10.5 Å². The fourth-order valence-corrected chi connectivity index (χ4v) is 7.23. The van der Waals surface area contributed by atoms with Crippen LogP contribution in [0.4, 0.5) is 0 Å². The van der Waals surface area contributed by atoms with Crippen molar-refractivity contribution in [2.24, 2.45) is 12.8 Å². The minimum atomic E-state index is -3.48. The van der Waals surface area contributed by atoms with Crippen molar-refractivity contribution in [3.05, 3.63) is 34.2 Å². The van der Waals surface area contributed by atoms with Crippen LogP contribution >= 0.6 is 0 Å². The number of aromatic nitrogens is 2. The molecule has 3 fully saturated rings. The Morgan fingerprint density at radius 3 is 2.36 bits per heavy atom. The normalized spacial score (nSPS) is 22.6. The van der Waals surface area contributed by atoms with Crippen LogP contribution in [0.1, 0.15) is 50.1 Å². The number of para-hydroxylation sites is 1. The number of imide groups is 1. The number of amides is 2. The summed E-state index contributed by atoms with van der Waals surface area (Å²) in [4.78, 5) is 37.0. The Bertz CT molecular complexity index is 1490. The summed E-state index contributed by atoms with van der Waals surface area (Å²) in [5, 5.41) is 2.31. The molecule has 1 atom stereocenters. The van der Waals surface area contributed by atoms with Gasteiger partial charge in [0.2, 0.25) is 11.8 Å². The van der Waals surface area contributed by atoms with Gasteiger partial charge in [0, 0.05) is 45.7 Å². The molecule has 1 unspecified atom stereocenters. The van der Waals surface area contributed by atoms with Gasteiger partial charge in [-0.15, -0.1) is 0 Å². The predicted octanol–water partition coefficient (Wildman–Crippen LogP) is -0.182. The number of imidazole rings is 1. The van der Waals surface area contributed by atoms with Gasteiger partial charge in [-0.3, -0.25) is 24.0 Å². The van der Waals surface area contributed by atoms with Crippen molar-refractivity contribution in [1.82, 2.24) is 23.1 Å². The number of nitrogens with zero attached hydrogens (tertiary/aromatic N) is 4. The second-order valence-corrected chi connectivity index (χ2v) is 12.2. The van der Waals surface area contributed by atoms with E-state index in [1.165, 1.54) is 17.7 Å². The zero-order valence-corrected chi connectivity index (χ0v) is 22.8. The number of benzene rings is 1. The second kappa shape index (κ2) is 11.2. The molecule has 2 aromatic rings. The topological polar surface area (TPSA) is 149 Å². The van der Waals surface area contributed by atoms with E-state index in [0.717, 1.165) is 0 Å². The lowest BCUT2D eigenvalue weighted by atomic mass is 10.1. The highest BCUT2D eigenvalue weighted by molar-refractivity contribution is 7.86. The van der Waals surface area contributed by atoms with Gasteiger partial charge in [0.1, 0.15) is 12.6 Å². The van der Waals surface area contributed by atoms with Crippen LogP contribution in [0.25, 0.3) is 11.0 Å². The fourth-order valence-electron chi connectivity index (χ4n) is 5.56. The quantitative estimate of drug-likeness (QED) is 0.382. The molecule has 1 aromatic carbocycles. The Balaban J connectivity index is 1.21. The third-order valence-electron chi connectivity index (χ3n) is 7.79. The number of nitrogens with one attached hydrogen (secondary N) is 1. The van der Waals surface area contributed by atoms with Crippen molar-refractivity contribution in [3.8, 4) is 11.8 Å². The van der Waals surface area contributed by atoms with E-state index in [-0.39, 0.29) is 43.2 Å². The number of carbonyl (C=O) groups excluding carboxylic acids is 2. The SMILES string of the molecule is Cn1c(=O)n(C2CCC(=O)NC2=O)c2cccc(C#CCOC3CCN(S(=O)(=O)N4CCC(N)CC4)CC3)c21. The van der Waals surface area contributed by atoms with Crippen molar-refractivity contribution in [2.45, 2.75) is 56.7 Å². The van der Waals surface area contributed by atoms with Crippen LogP contribution in [0.3, 0.4) is 0 Å². The molecule has 3 aliphatic heterocycles. The molecule has 4 heterocycles. The molecule has 3 saturated heterocycles. The van der Waals surface area contributed by atoms with Gasteiger partial charge in [-0.05, 0) is 44.2 Å². The first-order chi connectivity index (χ1) is 18.7. The first-order valence-electron chi connectivity index (χ1n) is 13.3. The van der Waals surface area contributed by atoms with Gasteiger partial charge in [0.25, 0.3) is 10.2 Å². The Morgan fingerprint density at radius 2 is 1.69 bits per heavy atom. The van der Waals surface area contributed by atoms with Crippen molar-refractivity contribution in [3.63, 3.8) is 0 Å². The molecular weight excluding hydrogens is 524 g/mol. The van der Waals surface area contributed by atoms with Crippen LogP contribution in [0.15, 0.2) is 23.0 Å². The smallest absolute Gasteiger partial charge is 0.329 e. The van der Waals surface area contributed by atoms with E-state index < -0.39 is 22.2 Å². The second-order valence-electron chi connectivity index (χ2n) is 10.3. The Labute approximate surface area is 227 Å². The number of aryl methyl sites for hydroxylation is 1. The minimum Gasteiger partial charge on any atom is -0.365 e. The first-order valence-corrected chi connectivity index (χ1v) is 14.7. The molecule has 13 heteroatoms. The molecule has 0 bridgehead atoms. The molecule has 0 radical (unpaired) electrons. The maximum atomic E-state index is 13.0. The standard InChI is InChI=1S/C26H34N6O6S/c1-29-24-18(4-2-6-21(24)32(26(29)35)22-7-8-23(33)28-25(22)34)5-3-17-38-20-11-15-31(16-12-20)39(36,37)30-13-9-19(27)10-14-30/h2,4,6,19-20,22H,7-17,27H2,1H3,(H,28,33,34). The van der Waals surface area contributed by atoms with E-state index in [1.807, 2.05) is 0 Å². The van der Waals surface area contributed by atoms with Gasteiger partial charge >= 0.3 is 5.69 Å². The maximum Gasteiger partial charge on any atom is 0.329 e. The number of fused-ring (bicyclic) bond motifs is 1. The number of piperidine rings is 3. The van der Waals surface area contributed by atoms with Gasteiger partial charge in [-0.2, -0.15) is 17.0 Å². The van der Waals surface area contributed by atoms with Crippen LogP contribution in [-0.2, 0) is 31.6 Å². The van der Waals surface area contributed by atoms with Crippen LogP contribution in [0.5, 0.6) is 0 Å². The fraction of sp³-hybridized carbons (Fsp3) is 0.577. The number of hydrogen-bond acceptors (Lipinski definition) is 7. The summed E-state index contributed by atoms with van der Waals surface area (Å²) in [7, 11) is -1.84. The highest BCUT2D eigenvalue weighted by Gasteiger charge is 2.35. The van der Waals surface area contributed by atoms with Gasteiger partial charge in [-0.25, -0.2) is 4.79 Å². The number of nitrogens with two attached hydrogens (primary N) is 1. The number of ether oxygens (including phenoxy) is 1. The van der Waals surface area contributed by atoms with Gasteiger partial charge in [0.15, 0.2) is 0 Å². The lowest BCUT2D eigenvalue weighted by molar-refractivity contribution is -0.135. The van der Waals surface area contributed by atoms with Crippen molar-refractivity contribution < 1.29 is 22.7 Å². The van der Waals surface area contributed by atoms with Crippen molar-refractivity contribution >= 4 is 33.1 Å². The van der Waals surface area contributed by atoms with E-state index in [0.29, 0.717) is 68.5 Å². The molecule has 0 spiro atoms. The predicted molar refractivity (Wildman–Crippen MR) is 144 cm³/mol. The van der Waals surface area contributed by atoms with Crippen LogP contribution in [0, 0.1) is 11.8 Å². The molecule has 210 valence electrons. The van der Waals surface area contributed by atoms with Crippen molar-refractivity contribution in [2.75, 3.05) is 32.8 Å². The number of hydrogen-bond donors (Lipinski definition) is 2. The average molecular weight is 559 g/mol. The first kappa shape index (κ1) is 27.5. The third kappa shape index (κ3) is 5.53. The third-order valence-corrected chi connectivity index (χ3v) is 9.83. The Hall–Kier alpha value is -3.02. The largest absolute Gasteiger partial charge is 0.365 e. The van der Waals surface area contributed by atoms with E-state index in [1.54, 1.807) is 25.2 Å². The van der Waals surface area contributed by atoms with E-state index in [4.69, 9.17) is 10.5 Å². The lowest BCUT2D eigenvalue weighted by Crippen LogP contribution is -2.51. The molecule has 5 rings (SSSR count). The van der Waals surface area contributed by atoms with Crippen LogP contribution in [0.2, 0.25) is 0 Å². The zero-order valence-electron chi connectivity index (χ0n) is 22.0. The summed E-state index contributed by atoms with van der Waals surface area (Å²) in [6, 6.07) is 4.66. The highest BCUT2D eigenvalue weighted by Crippen LogP contribution is 2.25. The van der Waals surface area contributed by atoms with E-state index >= 15 is 0 Å². The molecule has 3 N–H and O–H groups in total. The molecule has 2 amide bonds. The van der Waals surface area contributed by atoms with E-state index in [2.05, 4.69) is 17.2 Å². The summed E-state index contributed by atoms with van der Waals surface area (Å²) in [6.45, 7) is 1.89. The Morgan fingerprint density at radius 1 is 1.03 bits per heavy atom. The maximum absolute atomic E-state index is 13.0. The Kier molecular flexibility index (Phi) is 7.93. The van der Waals surface area contributed by atoms with Crippen LogP contribution in [-0.4, -0.2) is 82.9 Å². The highest BCUT2D eigenvalue weighted by atomic mass is 32.2. The molecule has 1 aromatic heterocycles. The van der Waals surface area contributed by atoms with Gasteiger partial charge in [-0.1, -0.05) is 17.9 Å². The summed E-state index contributed by atoms with van der Waals surface area (Å²) in [5.41, 5.74) is 7.38. The minimum absolute atomic E-state index is 0.0683. The zero-order chi connectivity index (χ0) is 27.7. The number of rotatable bonds is 5. The molecule has 0 saturated carbocycles. The molecule has 39 heavy (non-hydrogen) atoms. The molecule has 3 aliphatic rings. The van der Waals surface area contributed by atoms with E-state index in [9.17, 15) is 22.8 Å². The van der Waals surface area contributed by atoms with Gasteiger partial charge in [0.05, 0.1) is 22.7 Å². The summed E-state index contributed by atoms with van der Waals surface area (Å²) >= 11 is 0. The summed E-state index contributed by atoms with van der Waals surface area (Å²) < 4.78 is 37.8. The summed E-state index contributed by atoms with van der Waals surface area (Å²) in [6.07, 6.45) is 2.89. The number of carbonyl (C=O) groups is 2. The average Bonchev–Trinajstić information content (AvgIpc) is 3.17. The van der Waals surface area contributed by atoms with Crippen LogP contribution < -0.4 is 16.7 Å². The lowest BCUT2D eigenvalue weighted by Gasteiger charge is -2.37. The molecule has 12 nitrogen and oxygen atoms in total. The molecular formula is C26H34N6O6S. The molecule has 0 aliphatic carbocycles. The summed E-state index contributed by atoms with van der Waals surface area (Å²) in [5.74, 6) is 5.28. The monoisotopic (exact) mass is 558 g/mol.